The van der Waals surface area contributed by atoms with E-state index in [1.54, 1.807) is 6.07 Å². The minimum absolute atomic E-state index is 0.115. The van der Waals surface area contributed by atoms with E-state index in [0.717, 1.165) is 10.0 Å². The minimum Gasteiger partial charge on any atom is -0.297 e. The van der Waals surface area contributed by atoms with Crippen LogP contribution in [-0.4, -0.2) is 9.97 Å². The molecule has 0 atom stereocenters. The topological polar surface area (TPSA) is 45.8 Å². The second kappa shape index (κ2) is 3.37. The highest BCUT2D eigenvalue weighted by Gasteiger charge is 2.07. The van der Waals surface area contributed by atoms with Gasteiger partial charge in [-0.3, -0.25) is 9.78 Å². The van der Waals surface area contributed by atoms with Crippen molar-refractivity contribution in [1.29, 1.82) is 0 Å². The highest BCUT2D eigenvalue weighted by atomic mass is 79.9. The first-order valence-corrected chi connectivity index (χ1v) is 5.11. The first-order valence-electron chi connectivity index (χ1n) is 3.94. The molecule has 0 saturated carbocycles. The Kier molecular flexibility index (Phi) is 2.33. The summed E-state index contributed by atoms with van der Waals surface area (Å²) in [5.41, 5.74) is 1.27. The first kappa shape index (κ1) is 9.68. The van der Waals surface area contributed by atoms with E-state index < -0.39 is 0 Å². The summed E-state index contributed by atoms with van der Waals surface area (Å²) in [4.78, 5) is 18.1. The average Bonchev–Trinajstić information content (AvgIpc) is 2.10. The zero-order valence-electron chi connectivity index (χ0n) is 7.27. The standard InChI is InChI=1S/C9H6BrClN2O/c1-4-5(10)2-3-6-7(4)8(14)13-9(11)12-6/h2-3H,1H3,(H,12,13,14). The van der Waals surface area contributed by atoms with E-state index in [0.29, 0.717) is 10.9 Å². The third kappa shape index (κ3) is 1.44. The molecular weight excluding hydrogens is 267 g/mol. The van der Waals surface area contributed by atoms with Crippen molar-refractivity contribution in [2.24, 2.45) is 0 Å². The summed E-state index contributed by atoms with van der Waals surface area (Å²) >= 11 is 8.99. The Morgan fingerprint density at radius 3 is 2.93 bits per heavy atom. The fourth-order valence-corrected chi connectivity index (χ4v) is 1.85. The molecule has 1 N–H and O–H groups in total. The van der Waals surface area contributed by atoms with Crippen molar-refractivity contribution in [3.8, 4) is 0 Å². The van der Waals surface area contributed by atoms with Gasteiger partial charge in [-0.2, -0.15) is 0 Å². The molecule has 2 aromatic rings. The zero-order valence-corrected chi connectivity index (χ0v) is 9.61. The fraction of sp³-hybridized carbons (Fsp3) is 0.111. The van der Waals surface area contributed by atoms with Crippen LogP contribution in [0.15, 0.2) is 21.4 Å². The number of aromatic amines is 1. The fourth-order valence-electron chi connectivity index (χ4n) is 1.34. The Morgan fingerprint density at radius 1 is 1.50 bits per heavy atom. The van der Waals surface area contributed by atoms with E-state index in [9.17, 15) is 4.79 Å². The molecule has 0 aliphatic rings. The summed E-state index contributed by atoms with van der Waals surface area (Å²) in [5, 5.41) is 0.688. The molecule has 2 rings (SSSR count). The van der Waals surface area contributed by atoms with Crippen LogP contribution < -0.4 is 5.56 Å². The maximum atomic E-state index is 11.6. The van der Waals surface area contributed by atoms with E-state index in [1.807, 2.05) is 13.0 Å². The number of aryl methyl sites for hydroxylation is 1. The maximum absolute atomic E-state index is 11.6. The molecule has 5 heteroatoms. The molecule has 0 amide bonds. The first-order chi connectivity index (χ1) is 6.59. The Labute approximate surface area is 93.2 Å². The lowest BCUT2D eigenvalue weighted by Crippen LogP contribution is -2.09. The second-order valence-corrected chi connectivity index (χ2v) is 4.14. The van der Waals surface area contributed by atoms with Crippen LogP contribution in [0.25, 0.3) is 10.9 Å². The molecule has 0 aliphatic heterocycles. The molecule has 3 nitrogen and oxygen atoms in total. The van der Waals surface area contributed by atoms with Gasteiger partial charge in [0.15, 0.2) is 0 Å². The number of halogens is 2. The second-order valence-electron chi connectivity index (χ2n) is 2.92. The van der Waals surface area contributed by atoms with Gasteiger partial charge in [-0.05, 0) is 36.2 Å². The van der Waals surface area contributed by atoms with Crippen molar-refractivity contribution >= 4 is 38.4 Å². The molecule has 0 aliphatic carbocycles. The summed E-state index contributed by atoms with van der Waals surface area (Å²) in [5.74, 6) is 0. The van der Waals surface area contributed by atoms with Crippen molar-refractivity contribution < 1.29 is 0 Å². The minimum atomic E-state index is -0.209. The van der Waals surface area contributed by atoms with Gasteiger partial charge in [-0.25, -0.2) is 4.98 Å². The smallest absolute Gasteiger partial charge is 0.260 e. The van der Waals surface area contributed by atoms with E-state index >= 15 is 0 Å². The lowest BCUT2D eigenvalue weighted by Gasteiger charge is -2.02. The van der Waals surface area contributed by atoms with Crippen LogP contribution in [0.5, 0.6) is 0 Å². The molecule has 0 spiro atoms. The van der Waals surface area contributed by atoms with Crippen molar-refractivity contribution in [3.05, 3.63) is 37.8 Å². The summed E-state index contributed by atoms with van der Waals surface area (Å²) in [6.45, 7) is 1.86. The van der Waals surface area contributed by atoms with Gasteiger partial charge in [0.1, 0.15) is 0 Å². The van der Waals surface area contributed by atoms with Gasteiger partial charge in [-0.15, -0.1) is 0 Å². The summed E-state index contributed by atoms with van der Waals surface area (Å²) < 4.78 is 0.889. The average molecular weight is 274 g/mol. The number of H-pyrrole nitrogens is 1. The van der Waals surface area contributed by atoms with Gasteiger partial charge in [0.2, 0.25) is 5.28 Å². The Bertz CT molecular complexity index is 564. The summed E-state index contributed by atoms with van der Waals surface area (Å²) in [6, 6.07) is 3.61. The lowest BCUT2D eigenvalue weighted by atomic mass is 10.1. The van der Waals surface area contributed by atoms with Crippen LogP contribution in [0.3, 0.4) is 0 Å². The highest BCUT2D eigenvalue weighted by molar-refractivity contribution is 9.10. The lowest BCUT2D eigenvalue weighted by molar-refractivity contribution is 1.16. The summed E-state index contributed by atoms with van der Waals surface area (Å²) in [7, 11) is 0. The quantitative estimate of drug-likeness (QED) is 0.750. The molecule has 0 bridgehead atoms. The molecule has 72 valence electrons. The van der Waals surface area contributed by atoms with Crippen LogP contribution in [-0.2, 0) is 0 Å². The monoisotopic (exact) mass is 272 g/mol. The predicted molar refractivity (Wildman–Crippen MR) is 59.8 cm³/mol. The number of nitrogens with one attached hydrogen (secondary N) is 1. The van der Waals surface area contributed by atoms with E-state index in [2.05, 4.69) is 25.9 Å². The van der Waals surface area contributed by atoms with Crippen molar-refractivity contribution in [1.82, 2.24) is 9.97 Å². The normalized spacial score (nSPS) is 10.8. The van der Waals surface area contributed by atoms with Gasteiger partial charge in [0.25, 0.3) is 5.56 Å². The number of benzene rings is 1. The molecule has 0 unspecified atom stereocenters. The SMILES string of the molecule is Cc1c(Br)ccc2nc(Cl)[nH]c(=O)c12. The van der Waals surface area contributed by atoms with Gasteiger partial charge >= 0.3 is 0 Å². The molecular formula is C9H6BrClN2O. The molecule has 0 fully saturated rings. The van der Waals surface area contributed by atoms with Gasteiger partial charge in [-0.1, -0.05) is 15.9 Å². The molecule has 1 aromatic carbocycles. The van der Waals surface area contributed by atoms with Crippen molar-refractivity contribution in [2.75, 3.05) is 0 Å². The summed E-state index contributed by atoms with van der Waals surface area (Å²) in [6.07, 6.45) is 0. The van der Waals surface area contributed by atoms with Gasteiger partial charge in [0, 0.05) is 4.47 Å². The third-order valence-electron chi connectivity index (χ3n) is 2.04. The Balaban J connectivity index is 3.03. The number of rotatable bonds is 0. The van der Waals surface area contributed by atoms with Crippen molar-refractivity contribution in [3.63, 3.8) is 0 Å². The van der Waals surface area contributed by atoms with Crippen LogP contribution in [0, 0.1) is 6.92 Å². The number of nitrogens with zero attached hydrogens (tertiary/aromatic N) is 1. The molecule has 0 saturated heterocycles. The number of hydrogen-bond acceptors (Lipinski definition) is 2. The molecule has 1 aromatic heterocycles. The zero-order chi connectivity index (χ0) is 10.3. The molecule has 0 radical (unpaired) electrons. The van der Waals surface area contributed by atoms with Crippen LogP contribution in [0.1, 0.15) is 5.56 Å². The molecule has 1 heterocycles. The van der Waals surface area contributed by atoms with Crippen LogP contribution in [0.4, 0.5) is 0 Å². The number of hydrogen-bond donors (Lipinski definition) is 1. The van der Waals surface area contributed by atoms with E-state index in [-0.39, 0.29) is 10.8 Å². The third-order valence-corrected chi connectivity index (χ3v) is 3.08. The van der Waals surface area contributed by atoms with Crippen LogP contribution in [0.2, 0.25) is 5.28 Å². The highest BCUT2D eigenvalue weighted by Crippen LogP contribution is 2.22. The maximum Gasteiger partial charge on any atom is 0.260 e. The van der Waals surface area contributed by atoms with Gasteiger partial charge < -0.3 is 0 Å². The Morgan fingerprint density at radius 2 is 2.21 bits per heavy atom. The van der Waals surface area contributed by atoms with E-state index in [4.69, 9.17) is 11.6 Å². The predicted octanol–water partition coefficient (Wildman–Crippen LogP) is 2.65. The van der Waals surface area contributed by atoms with E-state index in [1.165, 1.54) is 0 Å². The Hall–Kier alpha value is -0.870. The largest absolute Gasteiger partial charge is 0.297 e. The molecule has 14 heavy (non-hydrogen) atoms. The number of aromatic nitrogens is 2. The number of fused-ring (bicyclic) bond motifs is 1. The van der Waals surface area contributed by atoms with Crippen LogP contribution >= 0.6 is 27.5 Å². The van der Waals surface area contributed by atoms with Crippen molar-refractivity contribution in [2.45, 2.75) is 6.92 Å². The van der Waals surface area contributed by atoms with Gasteiger partial charge in [0.05, 0.1) is 10.9 Å².